The third-order valence-electron chi connectivity index (χ3n) is 4.42. The molecule has 0 radical (unpaired) electrons. The van der Waals surface area contributed by atoms with E-state index in [1.165, 1.54) is 16.5 Å². The molecule has 1 heterocycles. The van der Waals surface area contributed by atoms with Gasteiger partial charge in [-0.2, -0.15) is 0 Å². The summed E-state index contributed by atoms with van der Waals surface area (Å²) in [5, 5.41) is 5.86. The zero-order chi connectivity index (χ0) is 15.6. The molecule has 4 rings (SSSR count). The number of fused-ring (bicyclic) bond motifs is 3. The van der Waals surface area contributed by atoms with Gasteiger partial charge in [0, 0.05) is 35.5 Å². The normalized spacial score (nSPS) is 16.1. The second-order valence-electron chi connectivity index (χ2n) is 5.89. The monoisotopic (exact) mass is 323 g/mol. The van der Waals surface area contributed by atoms with Crippen LogP contribution in [0.4, 0.5) is 5.69 Å². The molecule has 0 bridgehead atoms. The van der Waals surface area contributed by atoms with Crippen LogP contribution < -0.4 is 10.1 Å². The second-order valence-corrected chi connectivity index (χ2v) is 6.20. The van der Waals surface area contributed by atoms with Gasteiger partial charge in [0.05, 0.1) is 0 Å². The van der Waals surface area contributed by atoms with Crippen molar-refractivity contribution in [3.05, 3.63) is 71.8 Å². The minimum absolute atomic E-state index is 0.361. The van der Waals surface area contributed by atoms with E-state index in [2.05, 4.69) is 47.8 Å². The largest absolute Gasteiger partial charge is 0.488 e. The Balaban J connectivity index is 1.75. The SMILES string of the molecule is ClC[C@H]1CNc2cc(OCc3ccccc3)c3ccccc3c21. The molecular weight excluding hydrogens is 306 g/mol. The van der Waals surface area contributed by atoms with Gasteiger partial charge in [-0.25, -0.2) is 0 Å². The minimum atomic E-state index is 0.361. The molecule has 1 aliphatic rings. The minimum Gasteiger partial charge on any atom is -0.488 e. The first-order valence-corrected chi connectivity index (χ1v) is 8.42. The third-order valence-corrected chi connectivity index (χ3v) is 4.79. The first-order valence-electron chi connectivity index (χ1n) is 7.89. The molecule has 1 atom stereocenters. The van der Waals surface area contributed by atoms with Gasteiger partial charge in [-0.15, -0.1) is 11.6 Å². The first-order chi connectivity index (χ1) is 11.4. The van der Waals surface area contributed by atoms with Crippen molar-refractivity contribution in [1.82, 2.24) is 0 Å². The van der Waals surface area contributed by atoms with Crippen molar-refractivity contribution in [2.24, 2.45) is 0 Å². The number of ether oxygens (including phenoxy) is 1. The number of nitrogens with one attached hydrogen (secondary N) is 1. The predicted octanol–water partition coefficient (Wildman–Crippen LogP) is 5.17. The molecule has 3 aromatic carbocycles. The Morgan fingerprint density at radius 2 is 1.74 bits per heavy atom. The molecule has 0 fully saturated rings. The number of halogens is 1. The van der Waals surface area contributed by atoms with E-state index in [0.29, 0.717) is 18.4 Å². The van der Waals surface area contributed by atoms with Gasteiger partial charge in [0.2, 0.25) is 0 Å². The Kier molecular flexibility index (Phi) is 3.84. The molecule has 116 valence electrons. The average Bonchev–Trinajstić information content (AvgIpc) is 3.04. The molecule has 0 saturated heterocycles. The summed E-state index contributed by atoms with van der Waals surface area (Å²) in [6.07, 6.45) is 0. The van der Waals surface area contributed by atoms with Gasteiger partial charge in [0.25, 0.3) is 0 Å². The molecule has 1 aliphatic heterocycles. The molecule has 1 N–H and O–H groups in total. The van der Waals surface area contributed by atoms with E-state index in [9.17, 15) is 0 Å². The van der Waals surface area contributed by atoms with Crippen molar-refractivity contribution in [1.29, 1.82) is 0 Å². The van der Waals surface area contributed by atoms with Crippen molar-refractivity contribution in [2.75, 3.05) is 17.7 Å². The summed E-state index contributed by atoms with van der Waals surface area (Å²) in [6, 6.07) is 20.8. The van der Waals surface area contributed by atoms with Crippen LogP contribution in [0.3, 0.4) is 0 Å². The van der Waals surface area contributed by atoms with Gasteiger partial charge in [-0.1, -0.05) is 54.6 Å². The summed E-state index contributed by atoms with van der Waals surface area (Å²) in [5.74, 6) is 1.92. The Morgan fingerprint density at radius 1 is 1.00 bits per heavy atom. The van der Waals surface area contributed by atoms with Crippen LogP contribution in [-0.2, 0) is 6.61 Å². The second kappa shape index (κ2) is 6.13. The van der Waals surface area contributed by atoms with E-state index in [0.717, 1.165) is 23.4 Å². The molecule has 3 aromatic rings. The fourth-order valence-electron chi connectivity index (χ4n) is 3.27. The summed E-state index contributed by atoms with van der Waals surface area (Å²) in [7, 11) is 0. The van der Waals surface area contributed by atoms with E-state index in [1.54, 1.807) is 0 Å². The fourth-order valence-corrected chi connectivity index (χ4v) is 3.54. The first kappa shape index (κ1) is 14.4. The molecule has 0 saturated carbocycles. The van der Waals surface area contributed by atoms with E-state index >= 15 is 0 Å². The number of benzene rings is 3. The standard InChI is InChI=1S/C20H18ClNO/c21-11-15-12-22-18-10-19(23-13-14-6-2-1-3-7-14)16-8-4-5-9-17(16)20(15)18/h1-10,15,22H,11-13H2/t15-/m0/s1. The van der Waals surface area contributed by atoms with Crippen LogP contribution in [0.2, 0.25) is 0 Å². The van der Waals surface area contributed by atoms with E-state index in [1.807, 2.05) is 18.2 Å². The maximum absolute atomic E-state index is 6.15. The number of rotatable bonds is 4. The summed E-state index contributed by atoms with van der Waals surface area (Å²) in [4.78, 5) is 0. The molecule has 0 aliphatic carbocycles. The third kappa shape index (κ3) is 2.64. The van der Waals surface area contributed by atoms with E-state index < -0.39 is 0 Å². The van der Waals surface area contributed by atoms with Crippen LogP contribution in [-0.4, -0.2) is 12.4 Å². The Morgan fingerprint density at radius 3 is 2.52 bits per heavy atom. The lowest BCUT2D eigenvalue weighted by Crippen LogP contribution is -2.02. The number of alkyl halides is 1. The fraction of sp³-hybridized carbons (Fsp3) is 0.200. The van der Waals surface area contributed by atoms with Crippen molar-refractivity contribution < 1.29 is 4.74 Å². The van der Waals surface area contributed by atoms with Gasteiger partial charge in [-0.05, 0) is 16.5 Å². The number of hydrogen-bond donors (Lipinski definition) is 1. The molecule has 3 heteroatoms. The maximum Gasteiger partial charge on any atom is 0.129 e. The summed E-state index contributed by atoms with van der Waals surface area (Å²) < 4.78 is 6.13. The van der Waals surface area contributed by atoms with Crippen LogP contribution in [0.1, 0.15) is 17.0 Å². The van der Waals surface area contributed by atoms with Gasteiger partial charge in [-0.3, -0.25) is 0 Å². The quantitative estimate of drug-likeness (QED) is 0.669. The van der Waals surface area contributed by atoms with Crippen LogP contribution in [0, 0.1) is 0 Å². The molecule has 0 unspecified atom stereocenters. The van der Waals surface area contributed by atoms with Crippen LogP contribution in [0.5, 0.6) is 5.75 Å². The van der Waals surface area contributed by atoms with E-state index in [4.69, 9.17) is 16.3 Å². The number of anilines is 1. The lowest BCUT2D eigenvalue weighted by atomic mass is 9.95. The Labute approximate surface area is 141 Å². The lowest BCUT2D eigenvalue weighted by molar-refractivity contribution is 0.310. The van der Waals surface area contributed by atoms with Crippen LogP contribution in [0.25, 0.3) is 10.8 Å². The molecule has 0 aromatic heterocycles. The van der Waals surface area contributed by atoms with Gasteiger partial charge < -0.3 is 10.1 Å². The Hall–Kier alpha value is -2.19. The van der Waals surface area contributed by atoms with Gasteiger partial charge >= 0.3 is 0 Å². The van der Waals surface area contributed by atoms with Crippen molar-refractivity contribution >= 4 is 28.1 Å². The lowest BCUT2D eigenvalue weighted by Gasteiger charge is -2.15. The topological polar surface area (TPSA) is 21.3 Å². The summed E-state index contributed by atoms with van der Waals surface area (Å²) in [5.41, 5.74) is 3.64. The molecule has 23 heavy (non-hydrogen) atoms. The molecule has 0 spiro atoms. The highest BCUT2D eigenvalue weighted by atomic mass is 35.5. The average molecular weight is 324 g/mol. The predicted molar refractivity (Wildman–Crippen MR) is 96.7 cm³/mol. The van der Waals surface area contributed by atoms with Crippen molar-refractivity contribution in [2.45, 2.75) is 12.5 Å². The number of hydrogen-bond acceptors (Lipinski definition) is 2. The highest BCUT2D eigenvalue weighted by Gasteiger charge is 2.25. The summed E-state index contributed by atoms with van der Waals surface area (Å²) in [6.45, 7) is 1.47. The highest BCUT2D eigenvalue weighted by molar-refractivity contribution is 6.18. The zero-order valence-electron chi connectivity index (χ0n) is 12.8. The summed E-state index contributed by atoms with van der Waals surface area (Å²) >= 11 is 6.15. The van der Waals surface area contributed by atoms with Gasteiger partial charge in [0.15, 0.2) is 0 Å². The maximum atomic E-state index is 6.15. The van der Waals surface area contributed by atoms with E-state index in [-0.39, 0.29) is 0 Å². The smallest absolute Gasteiger partial charge is 0.129 e. The Bertz CT molecular complexity index is 832. The van der Waals surface area contributed by atoms with Crippen LogP contribution >= 0.6 is 11.6 Å². The highest BCUT2D eigenvalue weighted by Crippen LogP contribution is 2.42. The molecule has 2 nitrogen and oxygen atoms in total. The molecule has 0 amide bonds. The van der Waals surface area contributed by atoms with Crippen molar-refractivity contribution in [3.63, 3.8) is 0 Å². The van der Waals surface area contributed by atoms with Crippen LogP contribution in [0.15, 0.2) is 60.7 Å². The van der Waals surface area contributed by atoms with Gasteiger partial charge in [0.1, 0.15) is 12.4 Å². The zero-order valence-corrected chi connectivity index (χ0v) is 13.5. The molecular formula is C20H18ClNO. The van der Waals surface area contributed by atoms with Crippen molar-refractivity contribution in [3.8, 4) is 5.75 Å².